The Balaban J connectivity index is 2.23. The molecule has 2 rings (SSSR count). The summed E-state index contributed by atoms with van der Waals surface area (Å²) in [6.45, 7) is 4.00. The normalized spacial score (nSPS) is 10.4. The summed E-state index contributed by atoms with van der Waals surface area (Å²) >= 11 is 3.42. The molecule has 0 spiro atoms. The summed E-state index contributed by atoms with van der Waals surface area (Å²) in [4.78, 5) is 8.86. The lowest BCUT2D eigenvalue weighted by molar-refractivity contribution is 0.918. The van der Waals surface area contributed by atoms with Crippen LogP contribution in [-0.2, 0) is 6.42 Å². The molecule has 0 aliphatic rings. The molecule has 1 aromatic heterocycles. The smallest absolute Gasteiger partial charge is 0.133 e. The minimum Gasteiger partial charge on any atom is -0.238 e. The van der Waals surface area contributed by atoms with Crippen molar-refractivity contribution in [1.29, 1.82) is 0 Å². The van der Waals surface area contributed by atoms with Gasteiger partial charge in [-0.1, -0.05) is 28.1 Å². The Labute approximate surface area is 104 Å². The van der Waals surface area contributed by atoms with Gasteiger partial charge in [-0.2, -0.15) is 0 Å². The van der Waals surface area contributed by atoms with Crippen LogP contribution in [-0.4, -0.2) is 9.97 Å². The maximum Gasteiger partial charge on any atom is 0.133 e. The molecule has 0 atom stereocenters. The second-order valence-corrected chi connectivity index (χ2v) is 4.79. The number of aryl methyl sites for hydroxylation is 2. The highest BCUT2D eigenvalue weighted by atomic mass is 79.9. The van der Waals surface area contributed by atoms with Crippen LogP contribution in [0, 0.1) is 13.8 Å². The van der Waals surface area contributed by atoms with Crippen molar-refractivity contribution in [3.8, 4) is 0 Å². The van der Waals surface area contributed by atoms with Crippen LogP contribution in [0.4, 0.5) is 0 Å². The molecule has 0 saturated heterocycles. The maximum atomic E-state index is 4.43. The molecule has 0 aliphatic carbocycles. The number of aromatic nitrogens is 2. The number of rotatable bonds is 2. The van der Waals surface area contributed by atoms with Gasteiger partial charge in [0.15, 0.2) is 0 Å². The molecule has 1 heterocycles. The van der Waals surface area contributed by atoms with E-state index in [1.165, 1.54) is 5.56 Å². The molecule has 0 saturated carbocycles. The molecule has 2 nitrogen and oxygen atoms in total. The van der Waals surface area contributed by atoms with Crippen molar-refractivity contribution in [3.05, 3.63) is 57.6 Å². The molecule has 1 aromatic carbocycles. The van der Waals surface area contributed by atoms with Gasteiger partial charge in [-0.05, 0) is 37.6 Å². The fourth-order valence-electron chi connectivity index (χ4n) is 1.66. The lowest BCUT2D eigenvalue weighted by atomic mass is 10.1. The van der Waals surface area contributed by atoms with E-state index in [0.29, 0.717) is 0 Å². The Kier molecular flexibility index (Phi) is 3.34. The standard InChI is InChI=1S/C13H13BrN2/c1-9-7-10(2)16-13(15-9)8-11-3-5-12(14)6-4-11/h3-7H,8H2,1-2H3. The number of nitrogens with zero attached hydrogens (tertiary/aromatic N) is 2. The predicted octanol–water partition coefficient (Wildman–Crippen LogP) is 3.45. The number of halogens is 1. The van der Waals surface area contributed by atoms with Crippen molar-refractivity contribution in [2.45, 2.75) is 20.3 Å². The van der Waals surface area contributed by atoms with Gasteiger partial charge in [0.2, 0.25) is 0 Å². The van der Waals surface area contributed by atoms with Gasteiger partial charge in [-0.3, -0.25) is 0 Å². The largest absolute Gasteiger partial charge is 0.238 e. The second kappa shape index (κ2) is 4.74. The van der Waals surface area contributed by atoms with Gasteiger partial charge in [-0.25, -0.2) is 9.97 Å². The quantitative estimate of drug-likeness (QED) is 0.840. The average molecular weight is 277 g/mol. The van der Waals surface area contributed by atoms with Gasteiger partial charge in [0.25, 0.3) is 0 Å². The van der Waals surface area contributed by atoms with Gasteiger partial charge in [-0.15, -0.1) is 0 Å². The van der Waals surface area contributed by atoms with E-state index in [1.54, 1.807) is 0 Å². The van der Waals surface area contributed by atoms with E-state index < -0.39 is 0 Å². The van der Waals surface area contributed by atoms with E-state index in [2.05, 4.69) is 38.0 Å². The van der Waals surface area contributed by atoms with E-state index in [9.17, 15) is 0 Å². The maximum absolute atomic E-state index is 4.43. The number of benzene rings is 1. The Morgan fingerprint density at radius 2 is 1.56 bits per heavy atom. The fourth-order valence-corrected chi connectivity index (χ4v) is 1.93. The highest BCUT2D eigenvalue weighted by Crippen LogP contribution is 2.13. The summed E-state index contributed by atoms with van der Waals surface area (Å²) in [5.74, 6) is 0.889. The zero-order valence-corrected chi connectivity index (χ0v) is 11.0. The van der Waals surface area contributed by atoms with Crippen LogP contribution in [0.3, 0.4) is 0 Å². The summed E-state index contributed by atoms with van der Waals surface area (Å²) in [5.41, 5.74) is 3.28. The lowest BCUT2D eigenvalue weighted by Gasteiger charge is -2.03. The third kappa shape index (κ3) is 2.89. The van der Waals surface area contributed by atoms with Crippen molar-refractivity contribution in [2.24, 2.45) is 0 Å². The highest BCUT2D eigenvalue weighted by Gasteiger charge is 2.01. The second-order valence-electron chi connectivity index (χ2n) is 3.87. The van der Waals surface area contributed by atoms with Gasteiger partial charge in [0.1, 0.15) is 5.82 Å². The predicted molar refractivity (Wildman–Crippen MR) is 68.5 cm³/mol. The topological polar surface area (TPSA) is 25.8 Å². The third-order valence-corrected chi connectivity index (χ3v) is 2.83. The van der Waals surface area contributed by atoms with Crippen LogP contribution in [0.15, 0.2) is 34.8 Å². The van der Waals surface area contributed by atoms with E-state index in [4.69, 9.17) is 0 Å². The monoisotopic (exact) mass is 276 g/mol. The molecule has 0 N–H and O–H groups in total. The van der Waals surface area contributed by atoms with Gasteiger partial charge in [0, 0.05) is 22.3 Å². The van der Waals surface area contributed by atoms with Gasteiger partial charge in [0.05, 0.1) is 0 Å². The molecule has 0 amide bonds. The number of hydrogen-bond donors (Lipinski definition) is 0. The molecular formula is C13H13BrN2. The summed E-state index contributed by atoms with van der Waals surface area (Å²) in [5, 5.41) is 0. The van der Waals surface area contributed by atoms with Gasteiger partial charge < -0.3 is 0 Å². The highest BCUT2D eigenvalue weighted by molar-refractivity contribution is 9.10. The van der Waals surface area contributed by atoms with Crippen LogP contribution in [0.25, 0.3) is 0 Å². The van der Waals surface area contributed by atoms with Crippen LogP contribution in [0.2, 0.25) is 0 Å². The summed E-state index contributed by atoms with van der Waals surface area (Å²) < 4.78 is 1.09. The summed E-state index contributed by atoms with van der Waals surface area (Å²) in [6, 6.07) is 10.2. The SMILES string of the molecule is Cc1cc(C)nc(Cc2ccc(Br)cc2)n1. The van der Waals surface area contributed by atoms with Crippen molar-refractivity contribution < 1.29 is 0 Å². The molecule has 16 heavy (non-hydrogen) atoms. The Hall–Kier alpha value is -1.22. The van der Waals surface area contributed by atoms with Crippen molar-refractivity contribution in [3.63, 3.8) is 0 Å². The molecule has 0 fully saturated rings. The first kappa shape index (κ1) is 11.3. The Morgan fingerprint density at radius 1 is 1.00 bits per heavy atom. The Bertz CT molecular complexity index is 472. The molecule has 0 aliphatic heterocycles. The lowest BCUT2D eigenvalue weighted by Crippen LogP contribution is -1.99. The molecule has 82 valence electrons. The first-order chi connectivity index (χ1) is 7.63. The zero-order valence-electron chi connectivity index (χ0n) is 9.37. The van der Waals surface area contributed by atoms with Crippen LogP contribution >= 0.6 is 15.9 Å². The fraction of sp³-hybridized carbons (Fsp3) is 0.231. The minimum atomic E-state index is 0.788. The third-order valence-electron chi connectivity index (χ3n) is 2.30. The van der Waals surface area contributed by atoms with Crippen LogP contribution in [0.1, 0.15) is 22.8 Å². The summed E-state index contributed by atoms with van der Waals surface area (Å²) in [6.07, 6.45) is 0.788. The average Bonchev–Trinajstić information content (AvgIpc) is 2.20. The Morgan fingerprint density at radius 3 is 2.12 bits per heavy atom. The molecular weight excluding hydrogens is 264 g/mol. The summed E-state index contributed by atoms with van der Waals surface area (Å²) in [7, 11) is 0. The van der Waals surface area contributed by atoms with E-state index in [0.717, 1.165) is 28.1 Å². The van der Waals surface area contributed by atoms with Crippen molar-refractivity contribution in [2.75, 3.05) is 0 Å². The van der Waals surface area contributed by atoms with E-state index >= 15 is 0 Å². The molecule has 3 heteroatoms. The van der Waals surface area contributed by atoms with Gasteiger partial charge >= 0.3 is 0 Å². The minimum absolute atomic E-state index is 0.788. The molecule has 0 bridgehead atoms. The van der Waals surface area contributed by atoms with E-state index in [1.807, 2.05) is 32.0 Å². The molecule has 2 aromatic rings. The van der Waals surface area contributed by atoms with Crippen molar-refractivity contribution >= 4 is 15.9 Å². The van der Waals surface area contributed by atoms with E-state index in [-0.39, 0.29) is 0 Å². The zero-order chi connectivity index (χ0) is 11.5. The van der Waals surface area contributed by atoms with Crippen LogP contribution in [0.5, 0.6) is 0 Å². The first-order valence-corrected chi connectivity index (χ1v) is 5.98. The molecule has 0 radical (unpaired) electrons. The first-order valence-electron chi connectivity index (χ1n) is 5.19. The van der Waals surface area contributed by atoms with Crippen LogP contribution < -0.4 is 0 Å². The van der Waals surface area contributed by atoms with Crippen molar-refractivity contribution in [1.82, 2.24) is 9.97 Å². The number of hydrogen-bond acceptors (Lipinski definition) is 2. The molecule has 0 unspecified atom stereocenters.